The number of ether oxygens (including phenoxy) is 1. The lowest BCUT2D eigenvalue weighted by atomic mass is 10.0. The Balaban J connectivity index is 1.80. The maximum absolute atomic E-state index is 13.4. The molecule has 0 aromatic heterocycles. The van der Waals surface area contributed by atoms with Gasteiger partial charge >= 0.3 is 6.09 Å². The molecule has 3 rings (SSSR count). The lowest BCUT2D eigenvalue weighted by Crippen LogP contribution is -2.57. The highest BCUT2D eigenvalue weighted by Gasteiger charge is 2.37. The van der Waals surface area contributed by atoms with E-state index in [4.69, 9.17) is 15.3 Å². The van der Waals surface area contributed by atoms with Crippen LogP contribution in [-0.4, -0.2) is 53.3 Å². The molecule has 0 saturated heterocycles. The first-order chi connectivity index (χ1) is 17.4. The third-order valence-corrected chi connectivity index (χ3v) is 6.16. The molecule has 0 aliphatic carbocycles. The van der Waals surface area contributed by atoms with Crippen LogP contribution < -0.4 is 16.5 Å². The van der Waals surface area contributed by atoms with Crippen molar-refractivity contribution in [3.8, 4) is 0 Å². The minimum absolute atomic E-state index is 0.0493. The second-order valence-electron chi connectivity index (χ2n) is 8.21. The fourth-order valence-corrected chi connectivity index (χ4v) is 4.21. The van der Waals surface area contributed by atoms with E-state index < -0.39 is 30.0 Å². The third-order valence-electron chi connectivity index (χ3n) is 5.34. The number of hydroxylamine groups is 1. The number of carbonyl (C=O) groups is 3. The Morgan fingerprint density at radius 1 is 1.11 bits per heavy atom. The lowest BCUT2D eigenvalue weighted by molar-refractivity contribution is -0.139. The number of amides is 3. The van der Waals surface area contributed by atoms with Crippen molar-refractivity contribution in [1.82, 2.24) is 15.7 Å². The summed E-state index contributed by atoms with van der Waals surface area (Å²) < 4.78 is 5.43. The molecular formula is C26H32N4O5S. The molecule has 192 valence electrons. The van der Waals surface area contributed by atoms with E-state index in [1.54, 1.807) is 23.9 Å². The molecule has 0 fully saturated rings. The summed E-state index contributed by atoms with van der Waals surface area (Å²) in [7, 11) is 0. The van der Waals surface area contributed by atoms with Crippen molar-refractivity contribution in [1.29, 1.82) is 0 Å². The quantitative estimate of drug-likeness (QED) is 0.420. The number of carbonyl (C=O) groups excluding carboxylic acids is 3. The van der Waals surface area contributed by atoms with Crippen molar-refractivity contribution >= 4 is 29.7 Å². The van der Waals surface area contributed by atoms with Crippen LogP contribution in [0.25, 0.3) is 0 Å². The third kappa shape index (κ3) is 7.84. The number of hydrogen-bond donors (Lipinski definition) is 3. The maximum atomic E-state index is 13.4. The average molecular weight is 513 g/mol. The second kappa shape index (κ2) is 13.7. The smallest absolute Gasteiger partial charge is 0.417 e. The van der Waals surface area contributed by atoms with Crippen molar-refractivity contribution in [3.63, 3.8) is 0 Å². The molecule has 10 heteroatoms. The predicted octanol–water partition coefficient (Wildman–Crippen LogP) is 2.72. The summed E-state index contributed by atoms with van der Waals surface area (Å²) in [6.07, 6.45) is 0.655. The van der Waals surface area contributed by atoms with Gasteiger partial charge in [-0.05, 0) is 29.9 Å². The number of nitrogens with zero attached hydrogens (tertiary/aromatic N) is 1. The van der Waals surface area contributed by atoms with Crippen LogP contribution in [-0.2, 0) is 32.2 Å². The zero-order chi connectivity index (χ0) is 25.9. The summed E-state index contributed by atoms with van der Waals surface area (Å²) in [4.78, 5) is 46.0. The first kappa shape index (κ1) is 27.3. The van der Waals surface area contributed by atoms with E-state index in [-0.39, 0.29) is 25.7 Å². The van der Waals surface area contributed by atoms with Gasteiger partial charge in [-0.2, -0.15) is 0 Å². The molecule has 0 bridgehead atoms. The maximum Gasteiger partial charge on any atom is 0.417 e. The monoisotopic (exact) mass is 512 g/mol. The topological polar surface area (TPSA) is 123 Å². The van der Waals surface area contributed by atoms with E-state index in [1.807, 2.05) is 61.5 Å². The van der Waals surface area contributed by atoms with Gasteiger partial charge in [0.15, 0.2) is 0 Å². The van der Waals surface area contributed by atoms with Gasteiger partial charge in [-0.25, -0.2) is 9.69 Å². The molecule has 2 aromatic carbocycles. The Morgan fingerprint density at radius 2 is 1.75 bits per heavy atom. The van der Waals surface area contributed by atoms with Crippen LogP contribution in [0.15, 0.2) is 71.8 Å². The van der Waals surface area contributed by atoms with Crippen LogP contribution in [0.3, 0.4) is 0 Å². The van der Waals surface area contributed by atoms with Gasteiger partial charge in [-0.1, -0.05) is 67.6 Å². The number of benzene rings is 2. The van der Waals surface area contributed by atoms with Gasteiger partial charge in [-0.3, -0.25) is 19.9 Å². The van der Waals surface area contributed by atoms with Gasteiger partial charge in [0.25, 0.3) is 0 Å². The minimum atomic E-state index is -1.17. The van der Waals surface area contributed by atoms with Crippen molar-refractivity contribution in [2.24, 2.45) is 5.73 Å². The highest BCUT2D eigenvalue weighted by atomic mass is 32.2. The number of nitrogens with two attached hydrogens (primary N) is 1. The van der Waals surface area contributed by atoms with Crippen molar-refractivity contribution in [3.05, 3.63) is 82.9 Å². The van der Waals surface area contributed by atoms with Gasteiger partial charge in [0.1, 0.15) is 18.8 Å². The highest BCUT2D eigenvalue weighted by molar-refractivity contribution is 8.02. The van der Waals surface area contributed by atoms with Gasteiger partial charge in [0.2, 0.25) is 11.8 Å². The van der Waals surface area contributed by atoms with Gasteiger partial charge < -0.3 is 15.8 Å². The normalized spacial score (nSPS) is 16.3. The minimum Gasteiger partial charge on any atom is -0.444 e. The van der Waals surface area contributed by atoms with Crippen molar-refractivity contribution in [2.75, 3.05) is 12.3 Å². The second-order valence-corrected chi connectivity index (χ2v) is 9.52. The molecule has 1 heterocycles. The van der Waals surface area contributed by atoms with E-state index in [0.29, 0.717) is 0 Å². The highest BCUT2D eigenvalue weighted by Crippen LogP contribution is 2.19. The lowest BCUT2D eigenvalue weighted by Gasteiger charge is -2.30. The molecule has 36 heavy (non-hydrogen) atoms. The number of thioether (sulfide) groups is 1. The van der Waals surface area contributed by atoms with Crippen LogP contribution in [0.5, 0.6) is 0 Å². The predicted molar refractivity (Wildman–Crippen MR) is 138 cm³/mol. The number of hydrogen-bond acceptors (Lipinski definition) is 8. The molecule has 1 aliphatic rings. The van der Waals surface area contributed by atoms with Crippen LogP contribution in [0.2, 0.25) is 0 Å². The number of nitrogens with one attached hydrogen (secondary N) is 2. The molecule has 1 aliphatic heterocycles. The summed E-state index contributed by atoms with van der Waals surface area (Å²) in [5, 5.41) is 3.68. The first-order valence-electron chi connectivity index (χ1n) is 11.8. The van der Waals surface area contributed by atoms with Gasteiger partial charge in [0, 0.05) is 6.42 Å². The number of imide groups is 1. The Labute approximate surface area is 215 Å². The van der Waals surface area contributed by atoms with E-state index in [2.05, 4.69) is 10.8 Å². The molecule has 0 spiro atoms. The SMILES string of the molecule is CCSC1=CC(CNC(=O)[C@H](Cc2ccccc2)N(C(=O)OCc2ccccc2)C(=O)[C@H](C)N)ON1. The fourth-order valence-electron chi connectivity index (χ4n) is 3.54. The summed E-state index contributed by atoms with van der Waals surface area (Å²) in [5.41, 5.74) is 10.2. The summed E-state index contributed by atoms with van der Waals surface area (Å²) >= 11 is 1.59. The summed E-state index contributed by atoms with van der Waals surface area (Å²) in [6, 6.07) is 16.0. The van der Waals surface area contributed by atoms with Gasteiger partial charge in [0.05, 0.1) is 17.6 Å². The van der Waals surface area contributed by atoms with Gasteiger partial charge in [-0.15, -0.1) is 11.8 Å². The zero-order valence-electron chi connectivity index (χ0n) is 20.4. The Bertz CT molecular complexity index is 1050. The van der Waals surface area contributed by atoms with E-state index in [0.717, 1.165) is 26.8 Å². The Hall–Kier alpha value is -3.34. The molecule has 0 saturated carbocycles. The Morgan fingerprint density at radius 3 is 2.36 bits per heavy atom. The van der Waals surface area contributed by atoms with Crippen LogP contribution >= 0.6 is 11.8 Å². The molecule has 4 N–H and O–H groups in total. The van der Waals surface area contributed by atoms with E-state index in [1.165, 1.54) is 6.92 Å². The average Bonchev–Trinajstić information content (AvgIpc) is 3.34. The summed E-state index contributed by atoms with van der Waals surface area (Å²) in [6.45, 7) is 3.60. The number of rotatable bonds is 11. The molecule has 9 nitrogen and oxygen atoms in total. The standard InChI is InChI=1S/C26H32N4O5S/c1-3-36-23-15-21(35-29-23)16-28-24(31)22(14-19-10-6-4-7-11-19)30(25(32)18(2)27)26(33)34-17-20-12-8-5-9-13-20/h4-13,15,18,21-22,29H,3,14,16-17,27H2,1-2H3,(H,28,31)/t18-,21?,22-/m0/s1. The van der Waals surface area contributed by atoms with Crippen molar-refractivity contribution in [2.45, 2.75) is 45.1 Å². The molecule has 3 atom stereocenters. The van der Waals surface area contributed by atoms with E-state index >= 15 is 0 Å². The zero-order valence-corrected chi connectivity index (χ0v) is 21.2. The fraction of sp³-hybridized carbons (Fsp3) is 0.346. The molecular weight excluding hydrogens is 480 g/mol. The Kier molecular flexibility index (Phi) is 10.3. The largest absolute Gasteiger partial charge is 0.444 e. The molecule has 3 amide bonds. The molecule has 0 radical (unpaired) electrons. The summed E-state index contributed by atoms with van der Waals surface area (Å²) in [5.74, 6) is -0.345. The van der Waals surface area contributed by atoms with E-state index in [9.17, 15) is 14.4 Å². The molecule has 1 unspecified atom stereocenters. The van der Waals surface area contributed by atoms with Crippen LogP contribution in [0, 0.1) is 0 Å². The van der Waals surface area contributed by atoms with Crippen molar-refractivity contribution < 1.29 is 24.0 Å². The van der Waals surface area contributed by atoms with Crippen LogP contribution in [0.4, 0.5) is 4.79 Å². The van der Waals surface area contributed by atoms with Crippen LogP contribution in [0.1, 0.15) is 25.0 Å². The first-order valence-corrected chi connectivity index (χ1v) is 12.7. The molecule has 2 aromatic rings.